The lowest BCUT2D eigenvalue weighted by Crippen LogP contribution is -2.15. The Balaban J connectivity index is 2.32. The second kappa shape index (κ2) is 7.05. The molecule has 0 radical (unpaired) electrons. The lowest BCUT2D eigenvalue weighted by molar-refractivity contribution is -0.145. The molecule has 4 nitrogen and oxygen atoms in total. The van der Waals surface area contributed by atoms with E-state index in [1.54, 1.807) is 12.1 Å². The van der Waals surface area contributed by atoms with Crippen molar-refractivity contribution in [2.45, 2.75) is 24.4 Å². The number of benzene rings is 1. The Kier molecular flexibility index (Phi) is 5.97. The van der Waals surface area contributed by atoms with Gasteiger partial charge in [0.05, 0.1) is 31.1 Å². The molecule has 1 rings (SSSR count). The van der Waals surface area contributed by atoms with Crippen LogP contribution in [0.1, 0.15) is 12.0 Å². The van der Waals surface area contributed by atoms with Crippen molar-refractivity contribution in [3.05, 3.63) is 29.8 Å². The van der Waals surface area contributed by atoms with Crippen molar-refractivity contribution < 1.29 is 30.5 Å². The molecule has 0 heterocycles. The van der Waals surface area contributed by atoms with Crippen LogP contribution in [0.15, 0.2) is 29.2 Å². The summed E-state index contributed by atoms with van der Waals surface area (Å²) in [7, 11) is -3.89. The Morgan fingerprint density at radius 2 is 1.65 bits per heavy atom. The molecule has 0 spiro atoms. The Bertz CT molecular complexity index is 508. The number of ether oxygens (including phenoxy) is 1. The molecule has 0 saturated heterocycles. The van der Waals surface area contributed by atoms with Crippen LogP contribution in [-0.2, 0) is 19.0 Å². The first-order valence-electron chi connectivity index (χ1n) is 5.81. The summed E-state index contributed by atoms with van der Waals surface area (Å²) in [6, 6.07) is 6.04. The second-order valence-corrected chi connectivity index (χ2v) is 5.68. The molecule has 20 heavy (non-hydrogen) atoms. The van der Waals surface area contributed by atoms with Crippen LogP contribution in [0.4, 0.5) is 13.2 Å². The van der Waals surface area contributed by atoms with Crippen LogP contribution in [0.2, 0.25) is 0 Å². The molecule has 0 atom stereocenters. The predicted molar refractivity (Wildman–Crippen MR) is 65.8 cm³/mol. The van der Waals surface area contributed by atoms with E-state index in [4.69, 9.17) is 0 Å². The third-order valence-electron chi connectivity index (χ3n) is 2.31. The lowest BCUT2D eigenvalue weighted by atomic mass is 10.2. The van der Waals surface area contributed by atoms with Gasteiger partial charge in [0, 0.05) is 0 Å². The van der Waals surface area contributed by atoms with Crippen molar-refractivity contribution in [3.63, 3.8) is 0 Å². The molecule has 0 aliphatic heterocycles. The van der Waals surface area contributed by atoms with E-state index in [1.807, 2.05) is 6.92 Å². The minimum absolute atomic E-state index is 0.00149. The summed E-state index contributed by atoms with van der Waals surface area (Å²) in [5, 5.41) is 0. The van der Waals surface area contributed by atoms with Crippen LogP contribution in [0, 0.1) is 6.92 Å². The van der Waals surface area contributed by atoms with Gasteiger partial charge in [0.15, 0.2) is 0 Å². The van der Waals surface area contributed by atoms with Crippen molar-refractivity contribution in [2.24, 2.45) is 0 Å². The molecule has 114 valence electrons. The van der Waals surface area contributed by atoms with E-state index in [1.165, 1.54) is 12.1 Å². The van der Waals surface area contributed by atoms with Gasteiger partial charge in [-0.15, -0.1) is 0 Å². The molecule has 0 amide bonds. The summed E-state index contributed by atoms with van der Waals surface area (Å²) >= 11 is 0. The van der Waals surface area contributed by atoms with E-state index < -0.39 is 29.3 Å². The fourth-order valence-corrected chi connectivity index (χ4v) is 2.16. The summed E-state index contributed by atoms with van der Waals surface area (Å²) < 4.78 is 68.1. The van der Waals surface area contributed by atoms with Crippen molar-refractivity contribution in [2.75, 3.05) is 19.8 Å². The van der Waals surface area contributed by atoms with Crippen molar-refractivity contribution in [1.29, 1.82) is 0 Å². The Morgan fingerprint density at radius 1 is 1.05 bits per heavy atom. The number of hydrogen-bond acceptors (Lipinski definition) is 4. The molecule has 0 aliphatic rings. The number of rotatable bonds is 7. The average Bonchev–Trinajstić information content (AvgIpc) is 2.33. The molecular weight excluding hydrogens is 297 g/mol. The van der Waals surface area contributed by atoms with Crippen LogP contribution in [0.25, 0.3) is 0 Å². The van der Waals surface area contributed by atoms with E-state index in [-0.39, 0.29) is 18.1 Å². The average molecular weight is 312 g/mol. The maximum absolute atomic E-state index is 11.8. The molecule has 0 unspecified atom stereocenters. The SMILES string of the molecule is Cc1ccc(S(=O)(=O)OCCOCCC(F)(F)F)cc1. The van der Waals surface area contributed by atoms with Crippen LogP contribution in [0.5, 0.6) is 0 Å². The standard InChI is InChI=1S/C12H15F3O4S/c1-10-2-4-11(5-3-10)20(16,17)19-9-8-18-7-6-12(13,14)15/h2-5H,6-9H2,1H3. The molecule has 0 bridgehead atoms. The minimum Gasteiger partial charge on any atom is -0.379 e. The fourth-order valence-electron chi connectivity index (χ4n) is 1.27. The van der Waals surface area contributed by atoms with Gasteiger partial charge in [-0.2, -0.15) is 21.6 Å². The van der Waals surface area contributed by atoms with Gasteiger partial charge in [-0.1, -0.05) is 17.7 Å². The van der Waals surface area contributed by atoms with Crippen LogP contribution in [-0.4, -0.2) is 34.4 Å². The Labute approximate surface area is 115 Å². The minimum atomic E-state index is -4.28. The summed E-state index contributed by atoms with van der Waals surface area (Å²) in [5.41, 5.74) is 0.902. The van der Waals surface area contributed by atoms with E-state index in [9.17, 15) is 21.6 Å². The molecular formula is C12H15F3O4S. The zero-order chi connectivity index (χ0) is 15.2. The lowest BCUT2D eigenvalue weighted by Gasteiger charge is -2.08. The van der Waals surface area contributed by atoms with Gasteiger partial charge in [-0.25, -0.2) is 0 Å². The van der Waals surface area contributed by atoms with E-state index >= 15 is 0 Å². The van der Waals surface area contributed by atoms with Gasteiger partial charge in [0.25, 0.3) is 10.1 Å². The van der Waals surface area contributed by atoms with Gasteiger partial charge >= 0.3 is 6.18 Å². The number of aryl methyl sites for hydroxylation is 1. The zero-order valence-electron chi connectivity index (χ0n) is 10.8. The molecule has 0 N–H and O–H groups in total. The summed E-state index contributed by atoms with van der Waals surface area (Å²) in [4.78, 5) is -0.00149. The number of hydrogen-bond donors (Lipinski definition) is 0. The van der Waals surface area contributed by atoms with Crippen LogP contribution < -0.4 is 0 Å². The second-order valence-electron chi connectivity index (χ2n) is 4.07. The first-order valence-corrected chi connectivity index (χ1v) is 7.22. The molecule has 0 fully saturated rings. The monoisotopic (exact) mass is 312 g/mol. The quantitative estimate of drug-likeness (QED) is 0.574. The van der Waals surface area contributed by atoms with Gasteiger partial charge in [0.2, 0.25) is 0 Å². The highest BCUT2D eigenvalue weighted by Gasteiger charge is 2.26. The van der Waals surface area contributed by atoms with Gasteiger partial charge in [-0.05, 0) is 19.1 Å². The van der Waals surface area contributed by atoms with E-state index in [2.05, 4.69) is 8.92 Å². The molecule has 8 heteroatoms. The van der Waals surface area contributed by atoms with Crippen molar-refractivity contribution in [3.8, 4) is 0 Å². The van der Waals surface area contributed by atoms with Gasteiger partial charge in [0.1, 0.15) is 0 Å². The van der Waals surface area contributed by atoms with Crippen molar-refractivity contribution >= 4 is 10.1 Å². The maximum Gasteiger partial charge on any atom is 0.391 e. The first-order chi connectivity index (χ1) is 9.21. The molecule has 1 aromatic carbocycles. The number of alkyl halides is 3. The smallest absolute Gasteiger partial charge is 0.379 e. The first kappa shape index (κ1) is 16.9. The molecule has 0 saturated carbocycles. The topological polar surface area (TPSA) is 52.6 Å². The highest BCUT2D eigenvalue weighted by Crippen LogP contribution is 2.19. The third kappa shape index (κ3) is 6.36. The van der Waals surface area contributed by atoms with E-state index in [0.29, 0.717) is 0 Å². The summed E-state index contributed by atoms with van der Waals surface area (Å²) in [6.07, 6.45) is -5.35. The Hall–Kier alpha value is -1.12. The summed E-state index contributed by atoms with van der Waals surface area (Å²) in [5.74, 6) is 0. The van der Waals surface area contributed by atoms with Gasteiger partial charge < -0.3 is 4.74 Å². The normalized spacial score (nSPS) is 12.6. The molecule has 0 aromatic heterocycles. The molecule has 0 aliphatic carbocycles. The highest BCUT2D eigenvalue weighted by molar-refractivity contribution is 7.86. The van der Waals surface area contributed by atoms with Crippen LogP contribution >= 0.6 is 0 Å². The zero-order valence-corrected chi connectivity index (χ0v) is 11.6. The summed E-state index contributed by atoms with van der Waals surface area (Å²) in [6.45, 7) is 0.748. The number of halogens is 3. The Morgan fingerprint density at radius 3 is 2.20 bits per heavy atom. The maximum atomic E-state index is 11.8. The predicted octanol–water partition coefficient (Wildman–Crippen LogP) is 2.67. The highest BCUT2D eigenvalue weighted by atomic mass is 32.2. The van der Waals surface area contributed by atoms with Crippen molar-refractivity contribution in [1.82, 2.24) is 0 Å². The molecule has 1 aromatic rings. The van der Waals surface area contributed by atoms with Crippen LogP contribution in [0.3, 0.4) is 0 Å². The van der Waals surface area contributed by atoms with Gasteiger partial charge in [-0.3, -0.25) is 4.18 Å². The van der Waals surface area contributed by atoms with E-state index in [0.717, 1.165) is 5.56 Å². The largest absolute Gasteiger partial charge is 0.391 e. The third-order valence-corrected chi connectivity index (χ3v) is 3.63. The fraction of sp³-hybridized carbons (Fsp3) is 0.500.